The van der Waals surface area contributed by atoms with E-state index in [2.05, 4.69) is 20.8 Å². The minimum absolute atomic E-state index is 0.152. The predicted octanol–water partition coefficient (Wildman–Crippen LogP) is 3.09. The summed E-state index contributed by atoms with van der Waals surface area (Å²) in [5, 5.41) is 0. The molecule has 17 heavy (non-hydrogen) atoms. The molecular weight excluding hydrogens is 216 g/mol. The monoisotopic (exact) mass is 240 g/mol. The van der Waals surface area contributed by atoms with Crippen molar-refractivity contribution in [3.8, 4) is 0 Å². The van der Waals surface area contributed by atoms with Crippen LogP contribution in [0.2, 0.25) is 0 Å². The van der Waals surface area contributed by atoms with Crippen LogP contribution in [-0.4, -0.2) is 25.3 Å². The van der Waals surface area contributed by atoms with Crippen molar-refractivity contribution >= 4 is 5.97 Å². The Morgan fingerprint density at radius 3 is 2.65 bits per heavy atom. The van der Waals surface area contributed by atoms with E-state index in [0.29, 0.717) is 18.4 Å². The lowest BCUT2D eigenvalue weighted by Crippen LogP contribution is -2.31. The molecule has 0 aliphatic heterocycles. The predicted molar refractivity (Wildman–Crippen MR) is 67.7 cm³/mol. The fourth-order valence-electron chi connectivity index (χ4n) is 2.19. The third-order valence-corrected chi connectivity index (χ3v) is 3.52. The molecule has 0 aromatic heterocycles. The number of allylic oxidation sites excluding steroid dienone is 1. The van der Waals surface area contributed by atoms with Gasteiger partial charge in [0.2, 0.25) is 0 Å². The number of ether oxygens (including phenoxy) is 2. The molecule has 2 atom stereocenters. The molecule has 3 nitrogen and oxygen atoms in total. The normalized spacial score (nSPS) is 24.6. The van der Waals surface area contributed by atoms with E-state index in [9.17, 15) is 4.79 Å². The zero-order chi connectivity index (χ0) is 12.8. The lowest BCUT2D eigenvalue weighted by Gasteiger charge is -2.31. The highest BCUT2D eigenvalue weighted by molar-refractivity contribution is 5.88. The average molecular weight is 240 g/mol. The zero-order valence-electron chi connectivity index (χ0n) is 11.4. The fraction of sp³-hybridized carbons (Fsp3) is 0.786. The molecule has 0 fully saturated rings. The first-order chi connectivity index (χ1) is 8.12. The molecule has 0 saturated heterocycles. The van der Waals surface area contributed by atoms with Crippen LogP contribution in [-0.2, 0) is 14.3 Å². The third kappa shape index (κ3) is 3.84. The summed E-state index contributed by atoms with van der Waals surface area (Å²) in [5.41, 5.74) is 0.765. The summed E-state index contributed by atoms with van der Waals surface area (Å²) >= 11 is 0. The fourth-order valence-corrected chi connectivity index (χ4v) is 2.19. The van der Waals surface area contributed by atoms with Crippen molar-refractivity contribution in [1.82, 2.24) is 0 Å². The summed E-state index contributed by atoms with van der Waals surface area (Å²) in [5.74, 6) is 0.263. The van der Waals surface area contributed by atoms with Gasteiger partial charge in [0, 0.05) is 12.0 Å². The zero-order valence-corrected chi connectivity index (χ0v) is 11.4. The van der Waals surface area contributed by atoms with Crippen LogP contribution in [0.3, 0.4) is 0 Å². The summed E-state index contributed by atoms with van der Waals surface area (Å²) in [4.78, 5) is 11.5. The van der Waals surface area contributed by atoms with Crippen molar-refractivity contribution in [3.05, 3.63) is 11.6 Å². The Morgan fingerprint density at radius 2 is 2.12 bits per heavy atom. The van der Waals surface area contributed by atoms with Crippen LogP contribution in [0.15, 0.2) is 11.6 Å². The highest BCUT2D eigenvalue weighted by atomic mass is 16.5. The molecule has 0 amide bonds. The van der Waals surface area contributed by atoms with Crippen molar-refractivity contribution in [2.24, 2.45) is 5.92 Å². The van der Waals surface area contributed by atoms with Crippen molar-refractivity contribution in [2.75, 3.05) is 7.11 Å². The molecule has 0 saturated carbocycles. The third-order valence-electron chi connectivity index (χ3n) is 3.52. The van der Waals surface area contributed by atoms with Crippen molar-refractivity contribution in [2.45, 2.75) is 58.7 Å². The minimum Gasteiger partial charge on any atom is -0.466 e. The molecule has 2 unspecified atom stereocenters. The Bertz CT molecular complexity index is 279. The Morgan fingerprint density at radius 1 is 1.47 bits per heavy atom. The topological polar surface area (TPSA) is 35.5 Å². The number of hydrogen-bond donors (Lipinski definition) is 0. The number of esters is 1. The minimum atomic E-state index is -0.213. The molecule has 0 radical (unpaired) electrons. The van der Waals surface area contributed by atoms with Gasteiger partial charge in [-0.1, -0.05) is 26.8 Å². The molecule has 1 rings (SSSR count). The summed E-state index contributed by atoms with van der Waals surface area (Å²) in [6.07, 6.45) is 6.08. The van der Waals surface area contributed by atoms with Gasteiger partial charge in [-0.2, -0.15) is 0 Å². The Kier molecular flexibility index (Phi) is 5.69. The van der Waals surface area contributed by atoms with Gasteiger partial charge in [-0.05, 0) is 25.2 Å². The van der Waals surface area contributed by atoms with Gasteiger partial charge in [-0.3, -0.25) is 0 Å². The lowest BCUT2D eigenvalue weighted by atomic mass is 9.88. The highest BCUT2D eigenvalue weighted by Crippen LogP contribution is 2.28. The van der Waals surface area contributed by atoms with Crippen LogP contribution in [0.4, 0.5) is 0 Å². The van der Waals surface area contributed by atoms with E-state index in [1.54, 1.807) is 0 Å². The van der Waals surface area contributed by atoms with Crippen LogP contribution in [0, 0.1) is 5.92 Å². The smallest absolute Gasteiger partial charge is 0.333 e. The number of rotatable bonds is 5. The summed E-state index contributed by atoms with van der Waals surface area (Å²) < 4.78 is 10.8. The maximum absolute atomic E-state index is 11.5. The van der Waals surface area contributed by atoms with E-state index in [-0.39, 0.29) is 12.1 Å². The lowest BCUT2D eigenvalue weighted by molar-refractivity contribution is -0.137. The van der Waals surface area contributed by atoms with Crippen molar-refractivity contribution in [1.29, 1.82) is 0 Å². The number of carbonyl (C=O) groups is 1. The van der Waals surface area contributed by atoms with Crippen molar-refractivity contribution < 1.29 is 14.3 Å². The molecule has 1 aliphatic carbocycles. The number of methoxy groups -OCH3 is 1. The van der Waals surface area contributed by atoms with Gasteiger partial charge in [-0.25, -0.2) is 4.79 Å². The Hall–Kier alpha value is -0.830. The highest BCUT2D eigenvalue weighted by Gasteiger charge is 2.28. The molecule has 0 N–H and O–H groups in total. The second kappa shape index (κ2) is 6.80. The largest absolute Gasteiger partial charge is 0.466 e. The van der Waals surface area contributed by atoms with Crippen LogP contribution < -0.4 is 0 Å². The van der Waals surface area contributed by atoms with Crippen LogP contribution in [0.1, 0.15) is 46.5 Å². The van der Waals surface area contributed by atoms with Gasteiger partial charge < -0.3 is 9.47 Å². The maximum Gasteiger partial charge on any atom is 0.333 e. The van der Waals surface area contributed by atoms with E-state index in [0.717, 1.165) is 24.8 Å². The molecule has 98 valence electrons. The molecule has 3 heteroatoms. The first-order valence-corrected chi connectivity index (χ1v) is 6.55. The Labute approximate surface area is 104 Å². The quantitative estimate of drug-likeness (QED) is 0.693. The van der Waals surface area contributed by atoms with Crippen LogP contribution in [0.5, 0.6) is 0 Å². The summed E-state index contributed by atoms with van der Waals surface area (Å²) in [7, 11) is 1.43. The van der Waals surface area contributed by atoms with Gasteiger partial charge >= 0.3 is 5.97 Å². The van der Waals surface area contributed by atoms with Gasteiger partial charge in [0.15, 0.2) is 0 Å². The molecule has 0 aromatic rings. The first-order valence-electron chi connectivity index (χ1n) is 6.55. The Balaban J connectivity index is 2.62. The molecule has 0 bridgehead atoms. The van der Waals surface area contributed by atoms with Gasteiger partial charge in [0.05, 0.1) is 19.3 Å². The standard InChI is InChI=1S/C14H24O3/c1-5-12(6-2)17-13-9-11(14(15)16-4)8-7-10(13)3/h8,10,12-13H,5-7,9H2,1-4H3. The molecule has 1 aliphatic rings. The second-order valence-corrected chi connectivity index (χ2v) is 4.75. The molecular formula is C14H24O3. The van der Waals surface area contributed by atoms with Crippen molar-refractivity contribution in [3.63, 3.8) is 0 Å². The van der Waals surface area contributed by atoms with E-state index < -0.39 is 0 Å². The number of hydrogen-bond acceptors (Lipinski definition) is 3. The van der Waals surface area contributed by atoms with E-state index >= 15 is 0 Å². The summed E-state index contributed by atoms with van der Waals surface area (Å²) in [6.45, 7) is 6.45. The second-order valence-electron chi connectivity index (χ2n) is 4.75. The summed E-state index contributed by atoms with van der Waals surface area (Å²) in [6, 6.07) is 0. The van der Waals surface area contributed by atoms with E-state index in [1.807, 2.05) is 6.08 Å². The van der Waals surface area contributed by atoms with E-state index in [1.165, 1.54) is 7.11 Å². The van der Waals surface area contributed by atoms with E-state index in [4.69, 9.17) is 9.47 Å². The van der Waals surface area contributed by atoms with Crippen LogP contribution >= 0.6 is 0 Å². The number of carbonyl (C=O) groups excluding carboxylic acids is 1. The van der Waals surface area contributed by atoms with Gasteiger partial charge in [0.25, 0.3) is 0 Å². The maximum atomic E-state index is 11.5. The first kappa shape index (κ1) is 14.2. The molecule has 0 heterocycles. The average Bonchev–Trinajstić information content (AvgIpc) is 2.36. The van der Waals surface area contributed by atoms with Gasteiger partial charge in [-0.15, -0.1) is 0 Å². The van der Waals surface area contributed by atoms with Crippen LogP contribution in [0.25, 0.3) is 0 Å². The molecule has 0 aromatic carbocycles. The van der Waals surface area contributed by atoms with Gasteiger partial charge in [0.1, 0.15) is 0 Å². The SMILES string of the molecule is CCC(CC)OC1CC(C(=O)OC)=CCC1C. The molecule has 0 spiro atoms.